The molecule has 0 spiro atoms. The van der Waals surface area contributed by atoms with Gasteiger partial charge in [0.2, 0.25) is 0 Å². The monoisotopic (exact) mass is 305 g/mol. The highest BCUT2D eigenvalue weighted by Crippen LogP contribution is 2.23. The topological polar surface area (TPSA) is 63.3 Å². The van der Waals surface area contributed by atoms with E-state index in [1.807, 2.05) is 18.2 Å². The van der Waals surface area contributed by atoms with Gasteiger partial charge in [-0.15, -0.1) is 0 Å². The van der Waals surface area contributed by atoms with Crippen LogP contribution in [0.25, 0.3) is 0 Å². The van der Waals surface area contributed by atoms with E-state index in [0.717, 1.165) is 10.0 Å². The summed E-state index contributed by atoms with van der Waals surface area (Å²) in [5.74, 6) is -0.815. The molecule has 0 bridgehead atoms. The molecule has 1 aromatic carbocycles. The van der Waals surface area contributed by atoms with E-state index < -0.39 is 5.97 Å². The molecule has 88 valence electrons. The first-order valence-electron chi connectivity index (χ1n) is 4.90. The molecule has 1 atom stereocenters. The summed E-state index contributed by atoms with van der Waals surface area (Å²) in [6, 6.07) is 5.48. The maximum Gasteiger partial charge on any atom is 0.303 e. The van der Waals surface area contributed by atoms with E-state index in [1.54, 1.807) is 0 Å². The van der Waals surface area contributed by atoms with Crippen molar-refractivity contribution in [3.05, 3.63) is 33.3 Å². The Balaban J connectivity index is 2.52. The standard InChI is InChI=1S/C11H13BrClNO2/c12-9-3-1-7(6-10(9)13)5-8(14)2-4-11(15)16/h1,3,6,8H,2,4-5,14H2,(H,15,16). The molecule has 1 rings (SSSR count). The van der Waals surface area contributed by atoms with Crippen LogP contribution >= 0.6 is 27.5 Å². The molecule has 0 heterocycles. The highest BCUT2D eigenvalue weighted by Gasteiger charge is 2.08. The maximum absolute atomic E-state index is 10.4. The van der Waals surface area contributed by atoms with Crippen molar-refractivity contribution in [1.82, 2.24) is 0 Å². The molecule has 0 aliphatic heterocycles. The summed E-state index contributed by atoms with van der Waals surface area (Å²) in [5, 5.41) is 9.17. The second kappa shape index (κ2) is 6.23. The zero-order chi connectivity index (χ0) is 12.1. The first kappa shape index (κ1) is 13.5. The molecular weight excluding hydrogens is 293 g/mol. The highest BCUT2D eigenvalue weighted by molar-refractivity contribution is 9.10. The lowest BCUT2D eigenvalue weighted by atomic mass is 10.0. The van der Waals surface area contributed by atoms with Crippen molar-refractivity contribution in [3.8, 4) is 0 Å². The molecule has 3 N–H and O–H groups in total. The first-order chi connectivity index (χ1) is 7.49. The first-order valence-corrected chi connectivity index (χ1v) is 6.07. The minimum Gasteiger partial charge on any atom is -0.481 e. The van der Waals surface area contributed by atoms with Crippen molar-refractivity contribution in [2.45, 2.75) is 25.3 Å². The number of halogens is 2. The molecule has 5 heteroatoms. The number of benzene rings is 1. The van der Waals surface area contributed by atoms with Crippen molar-refractivity contribution < 1.29 is 9.90 Å². The van der Waals surface area contributed by atoms with Crippen LogP contribution in [0.3, 0.4) is 0 Å². The molecule has 0 aromatic heterocycles. The predicted octanol–water partition coefficient (Wildman–Crippen LogP) is 2.84. The molecule has 0 aliphatic carbocycles. The Morgan fingerprint density at radius 2 is 2.25 bits per heavy atom. The number of carbonyl (C=O) groups is 1. The van der Waals surface area contributed by atoms with Crippen LogP contribution in [0.4, 0.5) is 0 Å². The molecular formula is C11H13BrClNO2. The Morgan fingerprint density at radius 3 is 2.81 bits per heavy atom. The van der Waals surface area contributed by atoms with Crippen molar-refractivity contribution >= 4 is 33.5 Å². The van der Waals surface area contributed by atoms with Crippen LogP contribution in [0.1, 0.15) is 18.4 Å². The molecule has 0 saturated heterocycles. The SMILES string of the molecule is NC(CCC(=O)O)Cc1ccc(Br)c(Cl)c1. The second-order valence-electron chi connectivity index (χ2n) is 3.65. The molecule has 0 fully saturated rings. The van der Waals surface area contributed by atoms with Gasteiger partial charge >= 0.3 is 5.97 Å². The molecule has 0 radical (unpaired) electrons. The van der Waals surface area contributed by atoms with Gasteiger partial charge in [0.15, 0.2) is 0 Å². The molecule has 0 aliphatic rings. The van der Waals surface area contributed by atoms with Gasteiger partial charge in [0.1, 0.15) is 0 Å². The van der Waals surface area contributed by atoms with Gasteiger partial charge in [0.05, 0.1) is 5.02 Å². The summed E-state index contributed by atoms with van der Waals surface area (Å²) >= 11 is 9.25. The molecule has 0 amide bonds. The van der Waals surface area contributed by atoms with Gasteiger partial charge in [-0.3, -0.25) is 4.79 Å². The molecule has 1 unspecified atom stereocenters. The summed E-state index contributed by atoms with van der Waals surface area (Å²) in [6.45, 7) is 0. The number of rotatable bonds is 5. The summed E-state index contributed by atoms with van der Waals surface area (Å²) in [7, 11) is 0. The van der Waals surface area contributed by atoms with E-state index in [9.17, 15) is 4.79 Å². The van der Waals surface area contributed by atoms with Gasteiger partial charge in [-0.1, -0.05) is 17.7 Å². The third-order valence-electron chi connectivity index (χ3n) is 2.21. The van der Waals surface area contributed by atoms with Crippen LogP contribution in [0.15, 0.2) is 22.7 Å². The lowest BCUT2D eigenvalue weighted by molar-refractivity contribution is -0.137. The second-order valence-corrected chi connectivity index (χ2v) is 4.91. The smallest absolute Gasteiger partial charge is 0.303 e. The van der Waals surface area contributed by atoms with Crippen LogP contribution in [0.2, 0.25) is 5.02 Å². The lowest BCUT2D eigenvalue weighted by Crippen LogP contribution is -2.23. The zero-order valence-electron chi connectivity index (χ0n) is 8.62. The van der Waals surface area contributed by atoms with E-state index in [1.165, 1.54) is 0 Å². The van der Waals surface area contributed by atoms with Gasteiger partial charge in [0.25, 0.3) is 0 Å². The minimum atomic E-state index is -0.815. The van der Waals surface area contributed by atoms with E-state index in [4.69, 9.17) is 22.4 Å². The van der Waals surface area contributed by atoms with Gasteiger partial charge < -0.3 is 10.8 Å². The van der Waals surface area contributed by atoms with Crippen molar-refractivity contribution in [2.75, 3.05) is 0 Å². The van der Waals surface area contributed by atoms with Gasteiger partial charge in [-0.05, 0) is 46.5 Å². The molecule has 3 nitrogen and oxygen atoms in total. The fourth-order valence-electron chi connectivity index (χ4n) is 1.38. The van der Waals surface area contributed by atoms with Crippen LogP contribution in [0.5, 0.6) is 0 Å². The lowest BCUT2D eigenvalue weighted by Gasteiger charge is -2.10. The van der Waals surface area contributed by atoms with E-state index in [-0.39, 0.29) is 12.5 Å². The van der Waals surface area contributed by atoms with Crippen molar-refractivity contribution in [1.29, 1.82) is 0 Å². The van der Waals surface area contributed by atoms with Gasteiger partial charge in [-0.25, -0.2) is 0 Å². The Labute approximate surface area is 108 Å². The number of carboxylic acid groups (broad SMARTS) is 1. The van der Waals surface area contributed by atoms with E-state index in [2.05, 4.69) is 15.9 Å². The number of carboxylic acids is 1. The average Bonchev–Trinajstić information content (AvgIpc) is 2.21. The van der Waals surface area contributed by atoms with E-state index in [0.29, 0.717) is 17.9 Å². The quantitative estimate of drug-likeness (QED) is 0.879. The van der Waals surface area contributed by atoms with Crippen LogP contribution < -0.4 is 5.73 Å². The highest BCUT2D eigenvalue weighted by atomic mass is 79.9. The Hall–Kier alpha value is -0.580. The van der Waals surface area contributed by atoms with Crippen LogP contribution in [-0.4, -0.2) is 17.1 Å². The summed E-state index contributed by atoms with van der Waals surface area (Å²) < 4.78 is 0.844. The zero-order valence-corrected chi connectivity index (χ0v) is 11.0. The summed E-state index contributed by atoms with van der Waals surface area (Å²) in [4.78, 5) is 10.4. The van der Waals surface area contributed by atoms with E-state index >= 15 is 0 Å². The largest absolute Gasteiger partial charge is 0.481 e. The summed E-state index contributed by atoms with van der Waals surface area (Å²) in [5.41, 5.74) is 6.84. The van der Waals surface area contributed by atoms with Gasteiger partial charge in [-0.2, -0.15) is 0 Å². The number of hydrogen-bond acceptors (Lipinski definition) is 2. The third-order valence-corrected chi connectivity index (χ3v) is 3.44. The molecule has 1 aromatic rings. The molecule has 16 heavy (non-hydrogen) atoms. The number of aliphatic carboxylic acids is 1. The average molecular weight is 307 g/mol. The van der Waals surface area contributed by atoms with Gasteiger partial charge in [0, 0.05) is 16.9 Å². The summed E-state index contributed by atoms with van der Waals surface area (Å²) in [6.07, 6.45) is 1.22. The number of hydrogen-bond donors (Lipinski definition) is 2. The third kappa shape index (κ3) is 4.51. The van der Waals surface area contributed by atoms with Crippen LogP contribution in [-0.2, 0) is 11.2 Å². The van der Waals surface area contributed by atoms with Crippen molar-refractivity contribution in [3.63, 3.8) is 0 Å². The fourth-order valence-corrected chi connectivity index (χ4v) is 1.83. The Morgan fingerprint density at radius 1 is 1.56 bits per heavy atom. The minimum absolute atomic E-state index is 0.103. The normalized spacial score (nSPS) is 12.4. The Bertz CT molecular complexity index is 384. The van der Waals surface area contributed by atoms with Crippen molar-refractivity contribution in [2.24, 2.45) is 5.73 Å². The molecule has 0 saturated carbocycles. The number of nitrogens with two attached hydrogens (primary N) is 1. The Kier molecular flexibility index (Phi) is 5.25. The van der Waals surface area contributed by atoms with Crippen LogP contribution in [0, 0.1) is 0 Å². The predicted molar refractivity (Wildman–Crippen MR) is 67.7 cm³/mol. The maximum atomic E-state index is 10.4. The fraction of sp³-hybridized carbons (Fsp3) is 0.364.